The minimum atomic E-state index is -0.514. The van der Waals surface area contributed by atoms with Gasteiger partial charge in [0.05, 0.1) is 22.0 Å². The van der Waals surface area contributed by atoms with Gasteiger partial charge in [-0.1, -0.05) is 23.9 Å². The number of carbonyl (C=O) groups excluding carboxylic acids is 1. The number of thioether (sulfide) groups is 1. The van der Waals surface area contributed by atoms with Gasteiger partial charge in [0, 0.05) is 7.05 Å². The van der Waals surface area contributed by atoms with Crippen LogP contribution in [0.5, 0.6) is 5.75 Å². The van der Waals surface area contributed by atoms with Crippen molar-refractivity contribution in [2.75, 3.05) is 12.8 Å². The Morgan fingerprint density at radius 1 is 1.19 bits per heavy atom. The predicted octanol–water partition coefficient (Wildman–Crippen LogP) is 5.27. The molecule has 0 N–H and O–H groups in total. The fourth-order valence-corrected chi connectivity index (χ4v) is 4.64. The summed E-state index contributed by atoms with van der Waals surface area (Å²) in [7, 11) is 1.76. The molecule has 0 spiro atoms. The zero-order valence-electron chi connectivity index (χ0n) is 17.7. The fraction of sp³-hybridized carbons (Fsp3) is 0.273. The molecule has 32 heavy (non-hydrogen) atoms. The van der Waals surface area contributed by atoms with Gasteiger partial charge in [-0.3, -0.25) is 4.79 Å². The first-order valence-electron chi connectivity index (χ1n) is 9.90. The molecule has 0 saturated heterocycles. The highest BCUT2D eigenvalue weighted by atomic mass is 32.2. The normalized spacial score (nSPS) is 13.1. The Hall–Kier alpha value is -2.98. The summed E-state index contributed by atoms with van der Waals surface area (Å²) in [6, 6.07) is 13.4. The molecule has 0 saturated carbocycles. The van der Waals surface area contributed by atoms with Gasteiger partial charge >= 0.3 is 0 Å². The third-order valence-corrected chi connectivity index (χ3v) is 6.87. The van der Waals surface area contributed by atoms with Gasteiger partial charge in [0.1, 0.15) is 16.6 Å². The van der Waals surface area contributed by atoms with Crippen molar-refractivity contribution >= 4 is 39.2 Å². The summed E-state index contributed by atoms with van der Waals surface area (Å²) in [6.45, 7) is 3.71. The van der Waals surface area contributed by atoms with Crippen LogP contribution in [0.2, 0.25) is 0 Å². The number of amides is 1. The van der Waals surface area contributed by atoms with Gasteiger partial charge < -0.3 is 14.1 Å². The van der Waals surface area contributed by atoms with Crippen LogP contribution in [0.3, 0.4) is 0 Å². The lowest BCUT2D eigenvalue weighted by Gasteiger charge is -2.22. The number of rotatable bonds is 8. The molecule has 4 aromatic rings. The van der Waals surface area contributed by atoms with Crippen LogP contribution in [0.4, 0.5) is 4.39 Å². The number of thiazole rings is 1. The maximum Gasteiger partial charge on any atom is 0.277 e. The van der Waals surface area contributed by atoms with Crippen molar-refractivity contribution in [3.63, 3.8) is 0 Å². The topological polar surface area (TPSA) is 81.4 Å². The number of benzene rings is 2. The molecule has 1 amide bonds. The van der Waals surface area contributed by atoms with E-state index in [-0.39, 0.29) is 34.6 Å². The largest absolute Gasteiger partial charge is 0.481 e. The highest BCUT2D eigenvalue weighted by Gasteiger charge is 2.22. The highest BCUT2D eigenvalue weighted by Crippen LogP contribution is 2.30. The molecule has 0 fully saturated rings. The first-order chi connectivity index (χ1) is 15.4. The molecule has 0 aliphatic heterocycles. The third-order valence-electron chi connectivity index (χ3n) is 4.86. The van der Waals surface area contributed by atoms with E-state index in [0.717, 1.165) is 15.2 Å². The van der Waals surface area contributed by atoms with Crippen molar-refractivity contribution < 1.29 is 18.3 Å². The smallest absolute Gasteiger partial charge is 0.277 e. The van der Waals surface area contributed by atoms with Crippen LogP contribution >= 0.6 is 23.1 Å². The summed E-state index contributed by atoms with van der Waals surface area (Å²) >= 11 is 2.75. The molecule has 0 aliphatic rings. The number of hydrogen-bond acceptors (Lipinski definition) is 8. The zero-order chi connectivity index (χ0) is 22.7. The van der Waals surface area contributed by atoms with E-state index in [1.54, 1.807) is 30.2 Å². The fourth-order valence-electron chi connectivity index (χ4n) is 2.89. The van der Waals surface area contributed by atoms with Crippen molar-refractivity contribution in [3.05, 3.63) is 65.2 Å². The van der Waals surface area contributed by atoms with E-state index in [0.29, 0.717) is 5.75 Å². The van der Waals surface area contributed by atoms with E-state index in [1.807, 2.05) is 31.2 Å². The lowest BCUT2D eigenvalue weighted by Crippen LogP contribution is -2.31. The molecule has 2 aromatic heterocycles. The molecule has 7 nitrogen and oxygen atoms in total. The van der Waals surface area contributed by atoms with Gasteiger partial charge in [0.15, 0.2) is 6.10 Å². The first-order valence-corrected chi connectivity index (χ1v) is 11.7. The molecule has 10 heteroatoms. The molecule has 0 bridgehead atoms. The minimum Gasteiger partial charge on any atom is -0.481 e. The molecule has 166 valence electrons. The average molecular weight is 473 g/mol. The van der Waals surface area contributed by atoms with E-state index < -0.39 is 6.10 Å². The van der Waals surface area contributed by atoms with Crippen molar-refractivity contribution in [1.29, 1.82) is 0 Å². The maximum absolute atomic E-state index is 13.0. The number of para-hydroxylation sites is 1. The Labute approximate surface area is 192 Å². The van der Waals surface area contributed by atoms with E-state index in [9.17, 15) is 9.18 Å². The van der Waals surface area contributed by atoms with Crippen LogP contribution in [-0.2, 0) is 4.79 Å². The second-order valence-electron chi connectivity index (χ2n) is 7.11. The Morgan fingerprint density at radius 3 is 2.69 bits per heavy atom. The lowest BCUT2D eigenvalue weighted by molar-refractivity contribution is -0.128. The second kappa shape index (κ2) is 9.66. The van der Waals surface area contributed by atoms with Gasteiger partial charge in [-0.05, 0) is 50.2 Å². The molecule has 0 aliphatic carbocycles. The standard InChI is InChI=1S/C22H21FN4O3S2/c1-13(21-24-17-6-4-5-7-18(17)32-21)27(3)19(28)12-31-22-26-25-20(30-22)14(2)29-16-10-8-15(23)9-11-16/h4-11,13-14H,12H2,1-3H3/t13-,14+/m0/s1. The van der Waals surface area contributed by atoms with Gasteiger partial charge in [-0.2, -0.15) is 0 Å². The summed E-state index contributed by atoms with van der Waals surface area (Å²) in [5.74, 6) is 0.513. The predicted molar refractivity (Wildman–Crippen MR) is 121 cm³/mol. The van der Waals surface area contributed by atoms with Gasteiger partial charge in [-0.25, -0.2) is 9.37 Å². The van der Waals surface area contributed by atoms with Crippen LogP contribution in [0, 0.1) is 5.82 Å². The number of hydrogen-bond donors (Lipinski definition) is 0. The molecule has 2 heterocycles. The van der Waals surface area contributed by atoms with Crippen molar-refractivity contribution in [1.82, 2.24) is 20.1 Å². The molecule has 0 radical (unpaired) electrons. The first kappa shape index (κ1) is 22.2. The molecule has 2 aromatic carbocycles. The summed E-state index contributed by atoms with van der Waals surface area (Å²) in [6.07, 6.45) is -0.514. The Kier molecular flexibility index (Phi) is 6.71. The summed E-state index contributed by atoms with van der Waals surface area (Å²) in [5, 5.41) is 9.14. The minimum absolute atomic E-state index is 0.0721. The Bertz CT molecular complexity index is 1180. The van der Waals surface area contributed by atoms with Gasteiger partial charge in [0.2, 0.25) is 5.91 Å². The molecular weight excluding hydrogens is 451 g/mol. The Balaban J connectivity index is 1.32. The van der Waals surface area contributed by atoms with Crippen molar-refractivity contribution in [3.8, 4) is 5.75 Å². The van der Waals surface area contributed by atoms with Crippen molar-refractivity contribution in [2.45, 2.75) is 31.2 Å². The number of ether oxygens (including phenoxy) is 1. The molecule has 4 rings (SSSR count). The average Bonchev–Trinajstić information content (AvgIpc) is 3.45. The van der Waals surface area contributed by atoms with Crippen LogP contribution < -0.4 is 4.74 Å². The van der Waals surface area contributed by atoms with Gasteiger partial charge in [-0.15, -0.1) is 21.5 Å². The van der Waals surface area contributed by atoms with E-state index in [2.05, 4.69) is 15.2 Å². The maximum atomic E-state index is 13.0. The number of carbonyl (C=O) groups is 1. The SMILES string of the molecule is C[C@@H](Oc1ccc(F)cc1)c1nnc(SCC(=O)N(C)[C@@H](C)c2nc3ccccc3s2)o1. The number of halogens is 1. The van der Waals surface area contributed by atoms with Crippen LogP contribution in [0.1, 0.15) is 36.9 Å². The van der Waals surface area contributed by atoms with E-state index in [4.69, 9.17) is 9.15 Å². The number of aromatic nitrogens is 3. The van der Waals surface area contributed by atoms with Crippen LogP contribution in [0.15, 0.2) is 58.2 Å². The number of nitrogens with zero attached hydrogens (tertiary/aromatic N) is 4. The van der Waals surface area contributed by atoms with Crippen LogP contribution in [-0.4, -0.2) is 38.8 Å². The number of fused-ring (bicyclic) bond motifs is 1. The summed E-state index contributed by atoms with van der Waals surface area (Å²) < 4.78 is 25.4. The van der Waals surface area contributed by atoms with E-state index >= 15 is 0 Å². The monoisotopic (exact) mass is 472 g/mol. The van der Waals surface area contributed by atoms with Crippen LogP contribution in [0.25, 0.3) is 10.2 Å². The molecule has 2 atom stereocenters. The quantitative estimate of drug-likeness (QED) is 0.323. The Morgan fingerprint density at radius 2 is 1.94 bits per heavy atom. The third kappa shape index (κ3) is 5.08. The molecule has 0 unspecified atom stereocenters. The van der Waals surface area contributed by atoms with E-state index in [1.165, 1.54) is 36.0 Å². The van der Waals surface area contributed by atoms with Gasteiger partial charge in [0.25, 0.3) is 11.1 Å². The second-order valence-corrected chi connectivity index (χ2v) is 9.10. The summed E-state index contributed by atoms with van der Waals surface area (Å²) in [5.41, 5.74) is 0.935. The highest BCUT2D eigenvalue weighted by molar-refractivity contribution is 7.99. The van der Waals surface area contributed by atoms with Crippen molar-refractivity contribution in [2.24, 2.45) is 0 Å². The zero-order valence-corrected chi connectivity index (χ0v) is 19.3. The lowest BCUT2D eigenvalue weighted by atomic mass is 10.3. The summed E-state index contributed by atoms with van der Waals surface area (Å²) in [4.78, 5) is 19.0. The molecular formula is C22H21FN4O3S2.